The summed E-state index contributed by atoms with van der Waals surface area (Å²) in [6.07, 6.45) is 0. The molecule has 0 bridgehead atoms. The summed E-state index contributed by atoms with van der Waals surface area (Å²) in [5.74, 6) is 3.98. The van der Waals surface area contributed by atoms with Gasteiger partial charge in [-0.1, -0.05) is 5.92 Å². The summed E-state index contributed by atoms with van der Waals surface area (Å²) in [6, 6.07) is 3.97. The molecule has 82 valence electrons. The molecule has 0 aliphatic carbocycles. The fraction of sp³-hybridized carbons (Fsp3) is 0.100. The molecule has 16 heavy (non-hydrogen) atoms. The lowest BCUT2D eigenvalue weighted by Gasteiger charge is -1.96. The number of benzene rings is 1. The summed E-state index contributed by atoms with van der Waals surface area (Å²) in [6.45, 7) is 0. The molecule has 0 atom stereocenters. The van der Waals surface area contributed by atoms with Crippen LogP contribution in [0, 0.1) is 22.0 Å². The van der Waals surface area contributed by atoms with Gasteiger partial charge in [-0.05, 0) is 12.1 Å². The Morgan fingerprint density at radius 3 is 2.75 bits per heavy atom. The summed E-state index contributed by atoms with van der Waals surface area (Å²) in [7, 11) is 1.21. The average molecular weight is 220 g/mol. The van der Waals surface area contributed by atoms with Crippen LogP contribution in [0.4, 0.5) is 11.4 Å². The number of ether oxygens (including phenoxy) is 1. The highest BCUT2D eigenvalue weighted by molar-refractivity contribution is 5.89. The lowest BCUT2D eigenvalue weighted by Crippen LogP contribution is -1.97. The molecule has 0 spiro atoms. The van der Waals surface area contributed by atoms with Gasteiger partial charge in [-0.2, -0.15) is 0 Å². The number of nitro groups is 1. The van der Waals surface area contributed by atoms with Crippen LogP contribution in [0.1, 0.15) is 5.56 Å². The molecule has 1 aromatic carbocycles. The fourth-order valence-electron chi connectivity index (χ4n) is 0.973. The second-order valence-corrected chi connectivity index (χ2v) is 2.77. The topological polar surface area (TPSA) is 95.5 Å². The van der Waals surface area contributed by atoms with Crippen molar-refractivity contribution in [2.24, 2.45) is 0 Å². The van der Waals surface area contributed by atoms with Gasteiger partial charge in [0.25, 0.3) is 5.69 Å². The van der Waals surface area contributed by atoms with Crippen molar-refractivity contribution in [3.8, 4) is 11.8 Å². The molecule has 0 heterocycles. The summed E-state index contributed by atoms with van der Waals surface area (Å²) in [5, 5.41) is 10.5. The van der Waals surface area contributed by atoms with Crippen LogP contribution in [0.2, 0.25) is 0 Å². The third kappa shape index (κ3) is 2.72. The molecular formula is C10H8N2O4. The van der Waals surface area contributed by atoms with E-state index < -0.39 is 10.9 Å². The van der Waals surface area contributed by atoms with Gasteiger partial charge in [0.15, 0.2) is 0 Å². The van der Waals surface area contributed by atoms with Crippen molar-refractivity contribution in [1.29, 1.82) is 0 Å². The number of hydrogen-bond donors (Lipinski definition) is 1. The van der Waals surface area contributed by atoms with E-state index in [4.69, 9.17) is 5.73 Å². The lowest BCUT2D eigenvalue weighted by atomic mass is 10.2. The van der Waals surface area contributed by atoms with E-state index in [-0.39, 0.29) is 11.4 Å². The normalized spacial score (nSPS) is 8.81. The maximum Gasteiger partial charge on any atom is 0.384 e. The Bertz CT molecular complexity index is 499. The minimum Gasteiger partial charge on any atom is -0.459 e. The zero-order valence-corrected chi connectivity index (χ0v) is 8.39. The minimum absolute atomic E-state index is 0.00154. The van der Waals surface area contributed by atoms with E-state index in [1.54, 1.807) is 0 Å². The Morgan fingerprint density at radius 2 is 2.25 bits per heavy atom. The number of nitrogen functional groups attached to an aromatic ring is 1. The summed E-state index contributed by atoms with van der Waals surface area (Å²) in [5.41, 5.74) is 5.66. The number of nitro benzene ring substituents is 1. The van der Waals surface area contributed by atoms with E-state index in [0.29, 0.717) is 5.56 Å². The Labute approximate surface area is 91.2 Å². The van der Waals surface area contributed by atoms with Gasteiger partial charge in [0.05, 0.1) is 12.0 Å². The van der Waals surface area contributed by atoms with Crippen LogP contribution in [-0.4, -0.2) is 18.0 Å². The van der Waals surface area contributed by atoms with Gasteiger partial charge in [0.1, 0.15) is 5.69 Å². The molecule has 0 saturated carbocycles. The van der Waals surface area contributed by atoms with Gasteiger partial charge in [-0.3, -0.25) is 10.1 Å². The van der Waals surface area contributed by atoms with Crippen molar-refractivity contribution < 1.29 is 14.5 Å². The largest absolute Gasteiger partial charge is 0.459 e. The second kappa shape index (κ2) is 4.79. The molecule has 0 saturated heterocycles. The van der Waals surface area contributed by atoms with Crippen LogP contribution in [-0.2, 0) is 9.53 Å². The molecule has 0 amide bonds. The molecule has 0 aliphatic heterocycles. The number of hydrogen-bond acceptors (Lipinski definition) is 5. The van der Waals surface area contributed by atoms with Gasteiger partial charge in [-0.15, -0.1) is 0 Å². The molecular weight excluding hydrogens is 212 g/mol. The van der Waals surface area contributed by atoms with Crippen LogP contribution in [0.5, 0.6) is 0 Å². The lowest BCUT2D eigenvalue weighted by molar-refractivity contribution is -0.383. The molecule has 1 aromatic rings. The maximum atomic E-state index is 10.7. The molecule has 6 nitrogen and oxygen atoms in total. The van der Waals surface area contributed by atoms with Crippen LogP contribution in [0.15, 0.2) is 18.2 Å². The molecule has 0 radical (unpaired) electrons. The smallest absolute Gasteiger partial charge is 0.384 e. The number of nitrogens with two attached hydrogens (primary N) is 1. The molecule has 1 rings (SSSR count). The van der Waals surface area contributed by atoms with E-state index >= 15 is 0 Å². The first kappa shape index (κ1) is 11.5. The Hall–Kier alpha value is -2.55. The van der Waals surface area contributed by atoms with Gasteiger partial charge in [0.2, 0.25) is 0 Å². The Balaban J connectivity index is 3.01. The predicted molar refractivity (Wildman–Crippen MR) is 56.4 cm³/mol. The van der Waals surface area contributed by atoms with E-state index in [0.717, 1.165) is 0 Å². The Kier molecular flexibility index (Phi) is 3.45. The van der Waals surface area contributed by atoms with E-state index in [9.17, 15) is 14.9 Å². The van der Waals surface area contributed by atoms with Gasteiger partial charge < -0.3 is 10.5 Å². The number of carbonyl (C=O) groups excluding carboxylic acids is 1. The van der Waals surface area contributed by atoms with Crippen molar-refractivity contribution in [2.75, 3.05) is 12.8 Å². The van der Waals surface area contributed by atoms with Gasteiger partial charge in [0, 0.05) is 17.6 Å². The van der Waals surface area contributed by atoms with Crippen molar-refractivity contribution in [2.45, 2.75) is 0 Å². The number of methoxy groups -OCH3 is 1. The highest BCUT2D eigenvalue weighted by atomic mass is 16.6. The van der Waals surface area contributed by atoms with Gasteiger partial charge in [-0.25, -0.2) is 4.79 Å². The van der Waals surface area contributed by atoms with E-state index in [1.807, 2.05) is 0 Å². The van der Waals surface area contributed by atoms with Crippen LogP contribution < -0.4 is 5.73 Å². The molecule has 0 fully saturated rings. The summed E-state index contributed by atoms with van der Waals surface area (Å²) >= 11 is 0. The molecule has 0 unspecified atom stereocenters. The maximum absolute atomic E-state index is 10.7. The number of esters is 1. The number of nitrogens with zero attached hydrogens (tertiary/aromatic N) is 1. The third-order valence-corrected chi connectivity index (χ3v) is 1.72. The van der Waals surface area contributed by atoms with E-state index in [1.165, 1.54) is 25.3 Å². The zero-order chi connectivity index (χ0) is 12.1. The quantitative estimate of drug-likeness (QED) is 0.247. The van der Waals surface area contributed by atoms with Crippen molar-refractivity contribution in [1.82, 2.24) is 0 Å². The third-order valence-electron chi connectivity index (χ3n) is 1.72. The van der Waals surface area contributed by atoms with Crippen molar-refractivity contribution in [3.63, 3.8) is 0 Å². The van der Waals surface area contributed by atoms with Crippen molar-refractivity contribution in [3.05, 3.63) is 33.9 Å². The van der Waals surface area contributed by atoms with Crippen LogP contribution in [0.3, 0.4) is 0 Å². The Morgan fingerprint density at radius 1 is 1.56 bits per heavy atom. The summed E-state index contributed by atoms with van der Waals surface area (Å²) < 4.78 is 4.31. The first-order valence-corrected chi connectivity index (χ1v) is 4.18. The predicted octanol–water partition coefficient (Wildman–Crippen LogP) is 0.702. The molecule has 6 heteroatoms. The highest BCUT2D eigenvalue weighted by Gasteiger charge is 2.10. The first-order chi connectivity index (χ1) is 7.54. The average Bonchev–Trinajstić information content (AvgIpc) is 2.25. The standard InChI is InChI=1S/C10H8N2O4/c1-16-10(13)5-3-7-2-4-9(12(14)15)8(11)6-7/h2,4,6H,11H2,1H3. The number of rotatable bonds is 1. The molecule has 0 aromatic heterocycles. The van der Waals surface area contributed by atoms with Crippen LogP contribution >= 0.6 is 0 Å². The fourth-order valence-corrected chi connectivity index (χ4v) is 0.973. The van der Waals surface area contributed by atoms with Crippen molar-refractivity contribution >= 4 is 17.3 Å². The molecule has 0 aliphatic rings. The monoisotopic (exact) mass is 220 g/mol. The first-order valence-electron chi connectivity index (χ1n) is 4.18. The summed E-state index contributed by atoms with van der Waals surface area (Å²) in [4.78, 5) is 20.6. The molecule has 2 N–H and O–H groups in total. The number of carbonyl (C=O) groups is 1. The van der Waals surface area contributed by atoms with Gasteiger partial charge >= 0.3 is 5.97 Å². The van der Waals surface area contributed by atoms with E-state index in [2.05, 4.69) is 16.6 Å². The second-order valence-electron chi connectivity index (χ2n) is 2.77. The number of anilines is 1. The SMILES string of the molecule is COC(=O)C#Cc1ccc([N+](=O)[O-])c(N)c1. The highest BCUT2D eigenvalue weighted by Crippen LogP contribution is 2.21. The minimum atomic E-state index is -0.683. The zero-order valence-electron chi connectivity index (χ0n) is 8.39. The van der Waals surface area contributed by atoms with Crippen LogP contribution in [0.25, 0.3) is 0 Å².